The molecule has 110 valence electrons. The number of rotatable bonds is 4. The summed E-state index contributed by atoms with van der Waals surface area (Å²) in [5.74, 6) is 0.313. The molecule has 1 N–H and O–H groups in total. The molecule has 1 aromatic rings. The van der Waals surface area contributed by atoms with Gasteiger partial charge >= 0.3 is 0 Å². The SMILES string of the molecule is CC(c1ccccc1F)N(C)C(=O)CC1CCNCC1. The van der Waals surface area contributed by atoms with Crippen LogP contribution in [0.1, 0.15) is 37.8 Å². The Morgan fingerprint density at radius 3 is 2.70 bits per heavy atom. The predicted molar refractivity (Wildman–Crippen MR) is 77.8 cm³/mol. The maximum Gasteiger partial charge on any atom is 0.223 e. The molecule has 1 aromatic carbocycles. The normalized spacial score (nSPS) is 17.8. The van der Waals surface area contributed by atoms with E-state index in [9.17, 15) is 9.18 Å². The number of carbonyl (C=O) groups excluding carboxylic acids is 1. The summed E-state index contributed by atoms with van der Waals surface area (Å²) >= 11 is 0. The first-order valence-corrected chi connectivity index (χ1v) is 7.30. The second-order valence-electron chi connectivity index (χ2n) is 5.60. The fourth-order valence-corrected chi connectivity index (χ4v) is 2.72. The quantitative estimate of drug-likeness (QED) is 0.918. The lowest BCUT2D eigenvalue weighted by molar-refractivity contribution is -0.133. The number of nitrogens with one attached hydrogen (secondary N) is 1. The van der Waals surface area contributed by atoms with Crippen LogP contribution in [0.15, 0.2) is 24.3 Å². The van der Waals surface area contributed by atoms with Gasteiger partial charge in [-0.25, -0.2) is 4.39 Å². The van der Waals surface area contributed by atoms with Gasteiger partial charge in [-0.05, 0) is 44.8 Å². The first-order chi connectivity index (χ1) is 9.59. The Labute approximate surface area is 120 Å². The zero-order chi connectivity index (χ0) is 14.5. The summed E-state index contributed by atoms with van der Waals surface area (Å²) in [6, 6.07) is 6.43. The summed E-state index contributed by atoms with van der Waals surface area (Å²) < 4.78 is 13.8. The van der Waals surface area contributed by atoms with Crippen LogP contribution >= 0.6 is 0 Å². The number of hydrogen-bond acceptors (Lipinski definition) is 2. The lowest BCUT2D eigenvalue weighted by Gasteiger charge is -2.29. The minimum Gasteiger partial charge on any atom is -0.339 e. The number of hydrogen-bond donors (Lipinski definition) is 1. The standard InChI is InChI=1S/C16H23FN2O/c1-12(14-5-3-4-6-15(14)17)19(2)16(20)11-13-7-9-18-10-8-13/h3-6,12-13,18H,7-11H2,1-2H3. The number of halogens is 1. The molecular weight excluding hydrogens is 255 g/mol. The number of nitrogens with zero attached hydrogens (tertiary/aromatic N) is 1. The van der Waals surface area contributed by atoms with Crippen LogP contribution < -0.4 is 5.32 Å². The molecule has 1 unspecified atom stereocenters. The van der Waals surface area contributed by atoms with E-state index in [4.69, 9.17) is 0 Å². The van der Waals surface area contributed by atoms with Gasteiger partial charge in [-0.15, -0.1) is 0 Å². The third-order valence-electron chi connectivity index (χ3n) is 4.25. The molecule has 1 saturated heterocycles. The second-order valence-corrected chi connectivity index (χ2v) is 5.60. The molecule has 1 fully saturated rings. The van der Waals surface area contributed by atoms with Crippen molar-refractivity contribution in [1.82, 2.24) is 10.2 Å². The Hall–Kier alpha value is -1.42. The summed E-state index contributed by atoms with van der Waals surface area (Å²) in [6.45, 7) is 3.85. The maximum absolute atomic E-state index is 13.8. The molecule has 0 bridgehead atoms. The predicted octanol–water partition coefficient (Wildman–Crippen LogP) is 2.73. The van der Waals surface area contributed by atoms with E-state index in [2.05, 4.69) is 5.32 Å². The largest absolute Gasteiger partial charge is 0.339 e. The van der Waals surface area contributed by atoms with Crippen molar-refractivity contribution < 1.29 is 9.18 Å². The Kier molecular flexibility index (Phi) is 5.12. The minimum atomic E-state index is -0.249. The average molecular weight is 278 g/mol. The summed E-state index contributed by atoms with van der Waals surface area (Å²) in [7, 11) is 1.76. The minimum absolute atomic E-state index is 0.104. The first kappa shape index (κ1) is 15.0. The van der Waals surface area contributed by atoms with E-state index < -0.39 is 0 Å². The van der Waals surface area contributed by atoms with Crippen LogP contribution in [0.3, 0.4) is 0 Å². The van der Waals surface area contributed by atoms with Crippen molar-refractivity contribution in [3.63, 3.8) is 0 Å². The van der Waals surface area contributed by atoms with Crippen molar-refractivity contribution in [3.8, 4) is 0 Å². The Morgan fingerprint density at radius 1 is 1.40 bits per heavy atom. The van der Waals surface area contributed by atoms with E-state index in [0.29, 0.717) is 17.9 Å². The molecule has 20 heavy (non-hydrogen) atoms. The highest BCUT2D eigenvalue weighted by molar-refractivity contribution is 5.76. The van der Waals surface area contributed by atoms with Crippen LogP contribution in [0.4, 0.5) is 4.39 Å². The van der Waals surface area contributed by atoms with E-state index in [0.717, 1.165) is 25.9 Å². The molecule has 0 aliphatic carbocycles. The molecule has 0 spiro atoms. The highest BCUT2D eigenvalue weighted by Gasteiger charge is 2.23. The van der Waals surface area contributed by atoms with Crippen LogP contribution in [0.2, 0.25) is 0 Å². The number of piperidine rings is 1. The van der Waals surface area contributed by atoms with Crippen molar-refractivity contribution in [2.45, 2.75) is 32.2 Å². The average Bonchev–Trinajstić information content (AvgIpc) is 2.47. The fourth-order valence-electron chi connectivity index (χ4n) is 2.72. The lowest BCUT2D eigenvalue weighted by Crippen LogP contribution is -2.34. The van der Waals surface area contributed by atoms with Gasteiger partial charge in [-0.1, -0.05) is 18.2 Å². The number of amides is 1. The third-order valence-corrected chi connectivity index (χ3v) is 4.25. The number of benzene rings is 1. The first-order valence-electron chi connectivity index (χ1n) is 7.30. The summed E-state index contributed by atoms with van der Waals surface area (Å²) in [5, 5.41) is 3.30. The van der Waals surface area contributed by atoms with Gasteiger partial charge in [0.05, 0.1) is 6.04 Å². The Bertz CT molecular complexity index is 458. The molecule has 2 rings (SSSR count). The molecule has 1 aliphatic heterocycles. The topological polar surface area (TPSA) is 32.3 Å². The summed E-state index contributed by atoms with van der Waals surface area (Å²) in [5.41, 5.74) is 0.577. The summed E-state index contributed by atoms with van der Waals surface area (Å²) in [4.78, 5) is 14.0. The molecule has 0 radical (unpaired) electrons. The van der Waals surface area contributed by atoms with E-state index >= 15 is 0 Å². The maximum atomic E-state index is 13.8. The van der Waals surface area contributed by atoms with E-state index in [-0.39, 0.29) is 17.8 Å². The second kappa shape index (κ2) is 6.84. The third kappa shape index (κ3) is 3.57. The molecule has 1 atom stereocenters. The van der Waals surface area contributed by atoms with Crippen LogP contribution in [0.25, 0.3) is 0 Å². The highest BCUT2D eigenvalue weighted by Crippen LogP contribution is 2.24. The lowest BCUT2D eigenvalue weighted by atomic mass is 9.93. The van der Waals surface area contributed by atoms with Gasteiger partial charge in [-0.2, -0.15) is 0 Å². The molecule has 1 amide bonds. The molecule has 1 aliphatic rings. The van der Waals surface area contributed by atoms with Crippen LogP contribution in [-0.2, 0) is 4.79 Å². The van der Waals surface area contributed by atoms with E-state index in [1.165, 1.54) is 6.07 Å². The highest BCUT2D eigenvalue weighted by atomic mass is 19.1. The smallest absolute Gasteiger partial charge is 0.223 e. The molecule has 1 heterocycles. The zero-order valence-corrected chi connectivity index (χ0v) is 12.2. The van der Waals surface area contributed by atoms with Gasteiger partial charge in [-0.3, -0.25) is 4.79 Å². The molecule has 0 saturated carbocycles. The monoisotopic (exact) mass is 278 g/mol. The Morgan fingerprint density at radius 2 is 2.05 bits per heavy atom. The van der Waals surface area contributed by atoms with Crippen molar-refractivity contribution in [3.05, 3.63) is 35.6 Å². The molecule has 3 nitrogen and oxygen atoms in total. The van der Waals surface area contributed by atoms with Gasteiger partial charge in [0.2, 0.25) is 5.91 Å². The van der Waals surface area contributed by atoms with Gasteiger partial charge < -0.3 is 10.2 Å². The van der Waals surface area contributed by atoms with E-state index in [1.807, 2.05) is 6.92 Å². The van der Waals surface area contributed by atoms with Crippen LogP contribution in [0.5, 0.6) is 0 Å². The van der Waals surface area contributed by atoms with Gasteiger partial charge in [0.1, 0.15) is 5.82 Å². The molecule has 4 heteroatoms. The summed E-state index contributed by atoms with van der Waals surface area (Å²) in [6.07, 6.45) is 2.66. The number of carbonyl (C=O) groups is 1. The molecular formula is C16H23FN2O. The van der Waals surface area contributed by atoms with Gasteiger partial charge in [0.15, 0.2) is 0 Å². The molecule has 0 aromatic heterocycles. The van der Waals surface area contributed by atoms with Crippen LogP contribution in [0, 0.1) is 11.7 Å². The fraction of sp³-hybridized carbons (Fsp3) is 0.562. The Balaban J connectivity index is 1.97. The van der Waals surface area contributed by atoms with Crippen molar-refractivity contribution >= 4 is 5.91 Å². The van der Waals surface area contributed by atoms with Gasteiger partial charge in [0, 0.05) is 19.0 Å². The van der Waals surface area contributed by atoms with Gasteiger partial charge in [0.25, 0.3) is 0 Å². The van der Waals surface area contributed by atoms with Crippen molar-refractivity contribution in [2.75, 3.05) is 20.1 Å². The van der Waals surface area contributed by atoms with Crippen molar-refractivity contribution in [1.29, 1.82) is 0 Å². The zero-order valence-electron chi connectivity index (χ0n) is 12.2. The van der Waals surface area contributed by atoms with Crippen LogP contribution in [-0.4, -0.2) is 30.9 Å². The van der Waals surface area contributed by atoms with Crippen molar-refractivity contribution in [2.24, 2.45) is 5.92 Å². The van der Waals surface area contributed by atoms with E-state index in [1.54, 1.807) is 30.1 Å².